The summed E-state index contributed by atoms with van der Waals surface area (Å²) < 4.78 is 19.3. The van der Waals surface area contributed by atoms with Gasteiger partial charge in [0.15, 0.2) is 5.82 Å². The Morgan fingerprint density at radius 1 is 0.879 bits per heavy atom. The molecule has 6 rings (SSSR count). The molecule has 0 saturated carbocycles. The van der Waals surface area contributed by atoms with E-state index in [-0.39, 0.29) is 0 Å². The van der Waals surface area contributed by atoms with Gasteiger partial charge in [0.25, 0.3) is 0 Å². The number of halogens is 1. The zero-order valence-electron chi connectivity index (χ0n) is 17.2. The Kier molecular flexibility index (Phi) is 4.29. The van der Waals surface area contributed by atoms with Crippen LogP contribution in [0.1, 0.15) is 0 Å². The second-order valence-electron chi connectivity index (χ2n) is 7.30. The van der Waals surface area contributed by atoms with Gasteiger partial charge >= 0.3 is 0 Å². The molecule has 5 aromatic heterocycles. The summed E-state index contributed by atoms with van der Waals surface area (Å²) in [6, 6.07) is 8.15. The number of hydrogen-bond acceptors (Lipinski definition) is 7. The van der Waals surface area contributed by atoms with E-state index in [0.29, 0.717) is 45.4 Å². The first-order valence-electron chi connectivity index (χ1n) is 10.00. The minimum Gasteiger partial charge on any atom is -0.497 e. The number of rotatable bonds is 4. The van der Waals surface area contributed by atoms with E-state index in [0.717, 1.165) is 16.4 Å². The van der Waals surface area contributed by atoms with Crippen LogP contribution in [0, 0.1) is 5.82 Å². The van der Waals surface area contributed by atoms with Crippen molar-refractivity contribution >= 4 is 21.9 Å². The highest BCUT2D eigenvalue weighted by molar-refractivity contribution is 5.96. The lowest BCUT2D eigenvalue weighted by Gasteiger charge is -2.05. The number of aromatic nitrogens is 8. The zero-order valence-corrected chi connectivity index (χ0v) is 17.2. The number of pyridine rings is 2. The van der Waals surface area contributed by atoms with Gasteiger partial charge in [-0.05, 0) is 24.3 Å². The van der Waals surface area contributed by atoms with E-state index in [1.807, 2.05) is 12.1 Å². The first-order valence-corrected chi connectivity index (χ1v) is 10.00. The molecule has 0 radical (unpaired) electrons. The van der Waals surface area contributed by atoms with Gasteiger partial charge in [0, 0.05) is 35.6 Å². The average molecular weight is 438 g/mol. The lowest BCUT2D eigenvalue weighted by Crippen LogP contribution is -1.90. The van der Waals surface area contributed by atoms with Crippen molar-refractivity contribution in [2.75, 3.05) is 7.11 Å². The van der Waals surface area contributed by atoms with E-state index in [1.54, 1.807) is 37.1 Å². The highest BCUT2D eigenvalue weighted by atomic mass is 19.1. The summed E-state index contributed by atoms with van der Waals surface area (Å²) in [5.41, 5.74) is 5.15. The molecule has 0 saturated heterocycles. The van der Waals surface area contributed by atoms with E-state index in [4.69, 9.17) is 9.72 Å². The molecule has 0 amide bonds. The van der Waals surface area contributed by atoms with Gasteiger partial charge in [0.1, 0.15) is 28.5 Å². The number of nitrogens with zero attached hydrogens (tertiary/aromatic N) is 6. The second kappa shape index (κ2) is 7.45. The number of hydrogen-bond donors (Lipinski definition) is 2. The van der Waals surface area contributed by atoms with Crippen molar-refractivity contribution in [3.8, 4) is 39.9 Å². The monoisotopic (exact) mass is 438 g/mol. The molecule has 33 heavy (non-hydrogen) atoms. The highest BCUT2D eigenvalue weighted by Gasteiger charge is 2.17. The maximum absolute atomic E-state index is 14.1. The number of benzene rings is 1. The third-order valence-corrected chi connectivity index (χ3v) is 5.28. The normalized spacial score (nSPS) is 11.3. The van der Waals surface area contributed by atoms with Crippen LogP contribution >= 0.6 is 0 Å². The smallest absolute Gasteiger partial charge is 0.159 e. The maximum atomic E-state index is 14.1. The summed E-state index contributed by atoms with van der Waals surface area (Å²) in [6.07, 6.45) is 8.23. The molecule has 0 bridgehead atoms. The average Bonchev–Trinajstić information content (AvgIpc) is 3.47. The lowest BCUT2D eigenvalue weighted by molar-refractivity contribution is 0.411. The predicted molar refractivity (Wildman–Crippen MR) is 120 cm³/mol. The molecule has 2 N–H and O–H groups in total. The summed E-state index contributed by atoms with van der Waals surface area (Å²) in [5, 5.41) is 8.26. The Hall–Kier alpha value is -4.73. The third-order valence-electron chi connectivity index (χ3n) is 5.28. The second-order valence-corrected chi connectivity index (χ2v) is 7.30. The van der Waals surface area contributed by atoms with E-state index in [9.17, 15) is 4.39 Å². The quantitative estimate of drug-likeness (QED) is 0.424. The molecule has 0 unspecified atom stereocenters. The van der Waals surface area contributed by atoms with Crippen molar-refractivity contribution in [3.63, 3.8) is 0 Å². The minimum absolute atomic E-state index is 0.405. The van der Waals surface area contributed by atoms with E-state index in [2.05, 4.69) is 35.1 Å². The van der Waals surface area contributed by atoms with E-state index in [1.165, 1.54) is 19.2 Å². The molecular formula is C23H15FN8O. The molecule has 0 atom stereocenters. The van der Waals surface area contributed by atoms with Crippen LogP contribution < -0.4 is 4.74 Å². The standard InChI is InChI=1S/C23H15FN8O/c1-33-14-7-12(6-13(24)8-14)20-22-16(2-3-27-20)29-23(30-22)21-15-9-17(19-10-25-4-5-26-19)28-11-18(15)31-32-21/h2-11H,1H3,(H,29,30)(H,31,32). The number of nitrogens with one attached hydrogen (secondary N) is 2. The van der Waals surface area contributed by atoms with Gasteiger partial charge in [0.2, 0.25) is 0 Å². The summed E-state index contributed by atoms with van der Waals surface area (Å²) in [4.78, 5) is 25.4. The fraction of sp³-hybridized carbons (Fsp3) is 0.0435. The fourth-order valence-electron chi connectivity index (χ4n) is 3.74. The molecule has 160 valence electrons. The number of fused-ring (bicyclic) bond motifs is 2. The van der Waals surface area contributed by atoms with E-state index >= 15 is 0 Å². The van der Waals surface area contributed by atoms with Crippen LogP contribution in [0.5, 0.6) is 5.75 Å². The minimum atomic E-state index is -0.416. The number of methoxy groups -OCH3 is 1. The molecule has 6 aromatic rings. The summed E-state index contributed by atoms with van der Waals surface area (Å²) in [6.45, 7) is 0. The van der Waals surface area contributed by atoms with Gasteiger partial charge in [-0.15, -0.1) is 0 Å². The molecule has 5 heterocycles. The Morgan fingerprint density at radius 2 is 1.82 bits per heavy atom. The van der Waals surface area contributed by atoms with Crippen molar-refractivity contribution in [2.24, 2.45) is 0 Å². The van der Waals surface area contributed by atoms with Crippen LogP contribution in [0.2, 0.25) is 0 Å². The topological polar surface area (TPSA) is 118 Å². The largest absolute Gasteiger partial charge is 0.497 e. The molecule has 0 fully saturated rings. The van der Waals surface area contributed by atoms with Gasteiger partial charge in [-0.3, -0.25) is 25.0 Å². The van der Waals surface area contributed by atoms with Gasteiger partial charge in [-0.1, -0.05) is 0 Å². The van der Waals surface area contributed by atoms with Crippen molar-refractivity contribution in [2.45, 2.75) is 0 Å². The third kappa shape index (κ3) is 3.24. The van der Waals surface area contributed by atoms with Crippen LogP contribution in [-0.2, 0) is 0 Å². The Morgan fingerprint density at radius 3 is 2.67 bits per heavy atom. The molecule has 0 aliphatic carbocycles. The van der Waals surface area contributed by atoms with Gasteiger partial charge in [-0.2, -0.15) is 5.10 Å². The Bertz CT molecular complexity index is 1630. The molecule has 9 nitrogen and oxygen atoms in total. The number of H-pyrrole nitrogens is 2. The molecule has 0 spiro atoms. The van der Waals surface area contributed by atoms with E-state index < -0.39 is 5.82 Å². The summed E-state index contributed by atoms with van der Waals surface area (Å²) >= 11 is 0. The first kappa shape index (κ1) is 19.0. The van der Waals surface area contributed by atoms with Crippen LogP contribution in [-0.4, -0.2) is 47.2 Å². The van der Waals surface area contributed by atoms with Crippen LogP contribution in [0.15, 0.2) is 61.3 Å². The summed E-state index contributed by atoms with van der Waals surface area (Å²) in [7, 11) is 1.49. The fourth-order valence-corrected chi connectivity index (χ4v) is 3.74. The lowest BCUT2D eigenvalue weighted by atomic mass is 10.1. The molecule has 1 aromatic carbocycles. The van der Waals surface area contributed by atoms with Crippen molar-refractivity contribution in [1.29, 1.82) is 0 Å². The first-order chi connectivity index (χ1) is 16.2. The van der Waals surface area contributed by atoms with Gasteiger partial charge < -0.3 is 9.72 Å². The number of imidazole rings is 1. The molecular weight excluding hydrogens is 423 g/mol. The predicted octanol–water partition coefficient (Wildman–Crippen LogP) is 4.17. The molecule has 0 aliphatic rings. The zero-order chi connectivity index (χ0) is 22.4. The highest BCUT2D eigenvalue weighted by Crippen LogP contribution is 2.32. The molecule has 0 aliphatic heterocycles. The number of ether oxygens (including phenoxy) is 1. The van der Waals surface area contributed by atoms with Gasteiger partial charge in [0.05, 0.1) is 41.9 Å². The Balaban J connectivity index is 1.50. The number of aromatic amines is 2. The van der Waals surface area contributed by atoms with Crippen molar-refractivity contribution in [3.05, 3.63) is 67.1 Å². The van der Waals surface area contributed by atoms with Crippen molar-refractivity contribution < 1.29 is 9.13 Å². The maximum Gasteiger partial charge on any atom is 0.159 e. The van der Waals surface area contributed by atoms with Gasteiger partial charge in [-0.25, -0.2) is 9.37 Å². The van der Waals surface area contributed by atoms with Crippen LogP contribution in [0.4, 0.5) is 4.39 Å². The molecule has 10 heteroatoms. The summed E-state index contributed by atoms with van der Waals surface area (Å²) in [5.74, 6) is 0.535. The van der Waals surface area contributed by atoms with Crippen LogP contribution in [0.25, 0.3) is 56.1 Å². The SMILES string of the molecule is COc1cc(F)cc(-c2nccc3[nH]c(-c4n[nH]c5cnc(-c6cnccn6)cc45)nc23)c1. The van der Waals surface area contributed by atoms with Crippen LogP contribution in [0.3, 0.4) is 0 Å². The Labute approximate surface area is 185 Å². The van der Waals surface area contributed by atoms with Crippen molar-refractivity contribution in [1.82, 2.24) is 40.1 Å².